The van der Waals surface area contributed by atoms with Crippen molar-refractivity contribution < 1.29 is 4.74 Å². The second-order valence-electron chi connectivity index (χ2n) is 9.33. The summed E-state index contributed by atoms with van der Waals surface area (Å²) in [7, 11) is 0. The highest BCUT2D eigenvalue weighted by molar-refractivity contribution is 6.00. The molecule has 0 spiro atoms. The van der Waals surface area contributed by atoms with Crippen LogP contribution < -0.4 is 4.74 Å². The molecule has 3 fully saturated rings. The molecule has 3 aromatic carbocycles. The van der Waals surface area contributed by atoms with Crippen LogP contribution in [0.15, 0.2) is 66.7 Å². The summed E-state index contributed by atoms with van der Waals surface area (Å²) >= 11 is 0. The van der Waals surface area contributed by atoms with Crippen molar-refractivity contribution in [2.75, 3.05) is 0 Å². The standard InChI is InChI=1S/C26H24O/c1-2-5-16-12-21-17(10-15(16)4-1)6-3-7-23(21)27-24-14-20-13-22(24)26-19-9-8-18(11-19)25(20)26/h1-10,12,18-20,22,24-26H,11,13-14H2. The summed E-state index contributed by atoms with van der Waals surface area (Å²) < 4.78 is 6.76. The molecule has 134 valence electrons. The summed E-state index contributed by atoms with van der Waals surface area (Å²) in [5, 5.41) is 5.16. The number of fused-ring (bicyclic) bond motifs is 11. The molecule has 0 aromatic heterocycles. The molecule has 3 aromatic rings. The monoisotopic (exact) mass is 352 g/mol. The van der Waals surface area contributed by atoms with Crippen LogP contribution in [0.5, 0.6) is 5.75 Å². The van der Waals surface area contributed by atoms with E-state index in [0.717, 1.165) is 41.3 Å². The second kappa shape index (κ2) is 5.16. The Kier molecular flexibility index (Phi) is 2.82. The molecule has 4 aliphatic rings. The zero-order chi connectivity index (χ0) is 17.5. The molecule has 0 amide bonds. The zero-order valence-corrected chi connectivity index (χ0v) is 15.4. The topological polar surface area (TPSA) is 9.23 Å². The van der Waals surface area contributed by atoms with Crippen molar-refractivity contribution in [3.63, 3.8) is 0 Å². The summed E-state index contributed by atoms with van der Waals surface area (Å²) in [6.07, 6.45) is 9.57. The Labute approximate surface area is 160 Å². The van der Waals surface area contributed by atoms with E-state index in [4.69, 9.17) is 4.74 Å². The number of benzene rings is 3. The minimum Gasteiger partial charge on any atom is -0.489 e. The van der Waals surface area contributed by atoms with Gasteiger partial charge < -0.3 is 4.74 Å². The van der Waals surface area contributed by atoms with Gasteiger partial charge in [0, 0.05) is 5.39 Å². The molecule has 3 saturated carbocycles. The summed E-state index contributed by atoms with van der Waals surface area (Å²) in [6.45, 7) is 0. The van der Waals surface area contributed by atoms with E-state index in [2.05, 4.69) is 66.7 Å². The fourth-order valence-corrected chi connectivity index (χ4v) is 7.29. The van der Waals surface area contributed by atoms with Gasteiger partial charge in [0.2, 0.25) is 0 Å². The molecule has 7 rings (SSSR count). The van der Waals surface area contributed by atoms with Crippen LogP contribution in [0, 0.1) is 35.5 Å². The maximum absolute atomic E-state index is 6.76. The van der Waals surface area contributed by atoms with Gasteiger partial charge in [-0.15, -0.1) is 0 Å². The molecule has 4 bridgehead atoms. The van der Waals surface area contributed by atoms with Crippen molar-refractivity contribution in [1.82, 2.24) is 0 Å². The molecule has 0 aliphatic heterocycles. The molecule has 7 unspecified atom stereocenters. The lowest BCUT2D eigenvalue weighted by Gasteiger charge is -2.36. The average molecular weight is 352 g/mol. The van der Waals surface area contributed by atoms with Crippen LogP contribution in [0.1, 0.15) is 19.3 Å². The van der Waals surface area contributed by atoms with Crippen LogP contribution in [-0.2, 0) is 0 Å². The minimum absolute atomic E-state index is 0.418. The van der Waals surface area contributed by atoms with Gasteiger partial charge in [0.1, 0.15) is 11.9 Å². The van der Waals surface area contributed by atoms with E-state index < -0.39 is 0 Å². The van der Waals surface area contributed by atoms with Gasteiger partial charge in [-0.1, -0.05) is 48.6 Å². The first-order valence-electron chi connectivity index (χ1n) is 10.6. The molecule has 1 heteroatoms. The van der Waals surface area contributed by atoms with Gasteiger partial charge in [-0.3, -0.25) is 0 Å². The first kappa shape index (κ1) is 14.7. The van der Waals surface area contributed by atoms with E-state index in [1.165, 1.54) is 40.8 Å². The van der Waals surface area contributed by atoms with Crippen LogP contribution in [0.4, 0.5) is 0 Å². The maximum atomic E-state index is 6.76. The highest BCUT2D eigenvalue weighted by Crippen LogP contribution is 2.65. The summed E-state index contributed by atoms with van der Waals surface area (Å²) in [5.41, 5.74) is 0. The summed E-state index contributed by atoms with van der Waals surface area (Å²) in [6, 6.07) is 19.8. The number of rotatable bonds is 2. The van der Waals surface area contributed by atoms with E-state index in [-0.39, 0.29) is 0 Å². The Morgan fingerprint density at radius 2 is 1.48 bits per heavy atom. The number of hydrogen-bond acceptors (Lipinski definition) is 1. The normalized spacial score (nSPS) is 38.1. The van der Waals surface area contributed by atoms with Crippen LogP contribution in [0.2, 0.25) is 0 Å². The smallest absolute Gasteiger partial charge is 0.127 e. The van der Waals surface area contributed by atoms with Crippen molar-refractivity contribution in [2.24, 2.45) is 35.5 Å². The molecule has 27 heavy (non-hydrogen) atoms. The van der Waals surface area contributed by atoms with Crippen molar-refractivity contribution >= 4 is 21.5 Å². The zero-order valence-electron chi connectivity index (χ0n) is 15.4. The molecular formula is C26H24O. The quantitative estimate of drug-likeness (QED) is 0.302. The van der Waals surface area contributed by atoms with Gasteiger partial charge in [0.25, 0.3) is 0 Å². The summed E-state index contributed by atoms with van der Waals surface area (Å²) in [5.74, 6) is 6.38. The van der Waals surface area contributed by atoms with Gasteiger partial charge in [0.05, 0.1) is 0 Å². The molecule has 0 saturated heterocycles. The van der Waals surface area contributed by atoms with Crippen LogP contribution in [0.25, 0.3) is 21.5 Å². The molecule has 1 nitrogen and oxygen atoms in total. The largest absolute Gasteiger partial charge is 0.489 e. The fraction of sp³-hybridized carbons (Fsp3) is 0.385. The minimum atomic E-state index is 0.418. The van der Waals surface area contributed by atoms with Gasteiger partial charge >= 0.3 is 0 Å². The van der Waals surface area contributed by atoms with E-state index in [9.17, 15) is 0 Å². The highest BCUT2D eigenvalue weighted by atomic mass is 16.5. The Hall–Kier alpha value is -2.28. The van der Waals surface area contributed by atoms with E-state index >= 15 is 0 Å². The lowest BCUT2D eigenvalue weighted by Crippen LogP contribution is -2.36. The number of ether oxygens (including phenoxy) is 1. The lowest BCUT2D eigenvalue weighted by molar-refractivity contribution is 0.0676. The SMILES string of the molecule is C1=CC2CC1C1C3CC(Oc4cccc5cc6ccccc6cc45)C(C3)C21. The lowest BCUT2D eigenvalue weighted by atomic mass is 9.72. The first-order valence-corrected chi connectivity index (χ1v) is 10.6. The highest BCUT2D eigenvalue weighted by Gasteiger charge is 2.61. The molecule has 0 N–H and O–H groups in total. The number of allylic oxidation sites excluding steroid dienone is 2. The maximum Gasteiger partial charge on any atom is 0.127 e. The molecule has 0 radical (unpaired) electrons. The van der Waals surface area contributed by atoms with E-state index in [0.29, 0.717) is 6.10 Å². The Morgan fingerprint density at radius 1 is 0.704 bits per heavy atom. The van der Waals surface area contributed by atoms with Crippen LogP contribution in [0.3, 0.4) is 0 Å². The van der Waals surface area contributed by atoms with Gasteiger partial charge in [-0.2, -0.15) is 0 Å². The fourth-order valence-electron chi connectivity index (χ4n) is 7.29. The van der Waals surface area contributed by atoms with E-state index in [1.54, 1.807) is 0 Å². The average Bonchev–Trinajstić information content (AvgIpc) is 3.46. The Morgan fingerprint density at radius 3 is 2.37 bits per heavy atom. The predicted molar refractivity (Wildman–Crippen MR) is 110 cm³/mol. The predicted octanol–water partition coefficient (Wildman–Crippen LogP) is 6.22. The summed E-state index contributed by atoms with van der Waals surface area (Å²) in [4.78, 5) is 0. The molecule has 0 heterocycles. The number of hydrogen-bond donors (Lipinski definition) is 0. The molecule has 4 aliphatic carbocycles. The van der Waals surface area contributed by atoms with Crippen molar-refractivity contribution in [3.05, 3.63) is 66.7 Å². The third-order valence-electron chi connectivity index (χ3n) is 8.19. The van der Waals surface area contributed by atoms with E-state index in [1.807, 2.05) is 0 Å². The molecule has 7 atom stereocenters. The van der Waals surface area contributed by atoms with Gasteiger partial charge in [-0.25, -0.2) is 0 Å². The third-order valence-corrected chi connectivity index (χ3v) is 8.19. The second-order valence-corrected chi connectivity index (χ2v) is 9.33. The van der Waals surface area contributed by atoms with Crippen molar-refractivity contribution in [1.29, 1.82) is 0 Å². The van der Waals surface area contributed by atoms with Gasteiger partial charge in [0.15, 0.2) is 0 Å². The Bertz CT molecular complexity index is 1100. The third kappa shape index (κ3) is 1.95. The van der Waals surface area contributed by atoms with Gasteiger partial charge in [-0.05, 0) is 89.1 Å². The van der Waals surface area contributed by atoms with Crippen LogP contribution >= 0.6 is 0 Å². The first-order chi connectivity index (χ1) is 13.3. The molecular weight excluding hydrogens is 328 g/mol. The van der Waals surface area contributed by atoms with Crippen molar-refractivity contribution in [2.45, 2.75) is 25.4 Å². The van der Waals surface area contributed by atoms with Crippen molar-refractivity contribution in [3.8, 4) is 5.75 Å². The Balaban J connectivity index is 1.26. The van der Waals surface area contributed by atoms with Crippen LogP contribution in [-0.4, -0.2) is 6.10 Å².